The van der Waals surface area contributed by atoms with Gasteiger partial charge in [0.25, 0.3) is 0 Å². The van der Waals surface area contributed by atoms with Gasteiger partial charge in [0, 0.05) is 13.1 Å². The Morgan fingerprint density at radius 2 is 1.85 bits per heavy atom. The highest BCUT2D eigenvalue weighted by atomic mass is 16.6. The Balaban J connectivity index is 3.60. The van der Waals surface area contributed by atoms with Crippen molar-refractivity contribution in [2.75, 3.05) is 0 Å². The second-order valence-electron chi connectivity index (χ2n) is 5.29. The Morgan fingerprint density at radius 1 is 1.25 bits per heavy atom. The number of hydrogen-bond donors (Lipinski definition) is 0. The van der Waals surface area contributed by atoms with Crippen LogP contribution in [0.25, 0.3) is 0 Å². The molecule has 0 aliphatic carbocycles. The molecule has 0 aliphatic heterocycles. The average Bonchev–Trinajstić information content (AvgIpc) is 2.34. The van der Waals surface area contributed by atoms with Crippen LogP contribution in [0.4, 0.5) is 5.69 Å². The molecule has 0 N–H and O–H groups in total. The van der Waals surface area contributed by atoms with E-state index >= 15 is 0 Å². The molecule has 7 nitrogen and oxygen atoms in total. The molecule has 0 aliphatic rings. The van der Waals surface area contributed by atoms with Crippen molar-refractivity contribution in [1.29, 1.82) is 0 Å². The molecule has 0 saturated heterocycles. The summed E-state index contributed by atoms with van der Waals surface area (Å²) < 4.78 is 2.32. The lowest BCUT2D eigenvalue weighted by molar-refractivity contribution is -0.387. The van der Waals surface area contributed by atoms with Gasteiger partial charge in [-0.15, -0.1) is 0 Å². The zero-order valence-electron chi connectivity index (χ0n) is 12.4. The van der Waals surface area contributed by atoms with E-state index in [0.717, 1.165) is 11.0 Å². The molecule has 0 radical (unpaired) electrons. The van der Waals surface area contributed by atoms with Crippen LogP contribution in [0, 0.1) is 23.0 Å². The molecule has 1 aromatic heterocycles. The summed E-state index contributed by atoms with van der Waals surface area (Å²) in [7, 11) is 0. The van der Waals surface area contributed by atoms with Crippen LogP contribution < -0.4 is 11.2 Å². The van der Waals surface area contributed by atoms with Crippen molar-refractivity contribution in [3.63, 3.8) is 0 Å². The lowest BCUT2D eigenvalue weighted by atomic mass is 10.2. The number of unbranched alkanes of at least 4 members (excludes halogenated alkanes) is 1. The van der Waals surface area contributed by atoms with Crippen molar-refractivity contribution in [3.8, 4) is 0 Å². The van der Waals surface area contributed by atoms with Gasteiger partial charge in [0.05, 0.1) is 4.92 Å². The quantitative estimate of drug-likeness (QED) is 0.587. The van der Waals surface area contributed by atoms with Crippen LogP contribution in [0.1, 0.15) is 39.3 Å². The fraction of sp³-hybridized carbons (Fsp3) is 0.692. The number of rotatable bonds is 6. The molecule has 7 heteroatoms. The molecule has 112 valence electrons. The largest absolute Gasteiger partial charge is 0.353 e. The standard InChI is InChI=1S/C13H21N3O4/c1-5-6-7-14-12(17)11(16(19)20)10(4)15(13(14)18)8-9(2)3/h9H,5-8H2,1-4H3. The molecule has 0 saturated carbocycles. The van der Waals surface area contributed by atoms with E-state index in [2.05, 4.69) is 0 Å². The number of nitro groups is 1. The van der Waals surface area contributed by atoms with Crippen molar-refractivity contribution in [1.82, 2.24) is 9.13 Å². The van der Waals surface area contributed by atoms with E-state index in [1.807, 2.05) is 20.8 Å². The van der Waals surface area contributed by atoms with Crippen LogP contribution in [-0.4, -0.2) is 14.1 Å². The maximum Gasteiger partial charge on any atom is 0.353 e. The molecule has 1 heterocycles. The number of nitrogens with zero attached hydrogens (tertiary/aromatic N) is 3. The van der Waals surface area contributed by atoms with Crippen LogP contribution in [0.2, 0.25) is 0 Å². The first-order chi connectivity index (χ1) is 9.31. The highest BCUT2D eigenvalue weighted by Crippen LogP contribution is 2.11. The first-order valence-corrected chi connectivity index (χ1v) is 6.79. The highest BCUT2D eigenvalue weighted by molar-refractivity contribution is 5.32. The minimum atomic E-state index is -0.800. The molecule has 1 aromatic rings. The molecular formula is C13H21N3O4. The average molecular weight is 283 g/mol. The summed E-state index contributed by atoms with van der Waals surface area (Å²) in [6.45, 7) is 7.79. The van der Waals surface area contributed by atoms with Crippen LogP contribution >= 0.6 is 0 Å². The minimum absolute atomic E-state index is 0.131. The summed E-state index contributed by atoms with van der Waals surface area (Å²) in [6, 6.07) is 0. The third-order valence-electron chi connectivity index (χ3n) is 3.12. The van der Waals surface area contributed by atoms with E-state index < -0.39 is 21.9 Å². The van der Waals surface area contributed by atoms with Gasteiger partial charge in [-0.1, -0.05) is 27.2 Å². The van der Waals surface area contributed by atoms with Crippen molar-refractivity contribution in [2.45, 2.75) is 53.6 Å². The summed E-state index contributed by atoms with van der Waals surface area (Å²) >= 11 is 0. The smallest absolute Gasteiger partial charge is 0.291 e. The van der Waals surface area contributed by atoms with Gasteiger partial charge in [-0.05, 0) is 19.3 Å². The van der Waals surface area contributed by atoms with Gasteiger partial charge >= 0.3 is 16.9 Å². The third-order valence-corrected chi connectivity index (χ3v) is 3.12. The van der Waals surface area contributed by atoms with Gasteiger partial charge in [-0.3, -0.25) is 24.0 Å². The topological polar surface area (TPSA) is 87.1 Å². The molecule has 0 atom stereocenters. The van der Waals surface area contributed by atoms with Crippen LogP contribution in [0.3, 0.4) is 0 Å². The molecular weight excluding hydrogens is 262 g/mol. The molecule has 0 fully saturated rings. The fourth-order valence-electron chi connectivity index (χ4n) is 2.09. The van der Waals surface area contributed by atoms with Gasteiger partial charge in [-0.25, -0.2) is 4.79 Å². The van der Waals surface area contributed by atoms with Crippen LogP contribution in [-0.2, 0) is 13.1 Å². The summed E-state index contributed by atoms with van der Waals surface area (Å²) in [4.78, 5) is 34.8. The fourth-order valence-corrected chi connectivity index (χ4v) is 2.09. The molecule has 1 rings (SSSR count). The number of aromatic nitrogens is 2. The normalized spacial score (nSPS) is 11.1. The SMILES string of the molecule is CCCCn1c(=O)c([N+](=O)[O-])c(C)n(CC(C)C)c1=O. The van der Waals surface area contributed by atoms with Crippen LogP contribution in [0.15, 0.2) is 9.59 Å². The molecule has 0 amide bonds. The molecule has 0 bridgehead atoms. The second kappa shape index (κ2) is 6.49. The predicted octanol–water partition coefficient (Wildman–Crippen LogP) is 1.68. The minimum Gasteiger partial charge on any atom is -0.291 e. The summed E-state index contributed by atoms with van der Waals surface area (Å²) in [5, 5.41) is 11.1. The van der Waals surface area contributed by atoms with E-state index in [1.165, 1.54) is 11.5 Å². The van der Waals surface area contributed by atoms with E-state index in [4.69, 9.17) is 0 Å². The third kappa shape index (κ3) is 3.15. The summed E-state index contributed by atoms with van der Waals surface area (Å²) in [5.41, 5.74) is -1.63. The lowest BCUT2D eigenvalue weighted by Crippen LogP contribution is -2.42. The zero-order valence-corrected chi connectivity index (χ0v) is 12.4. The predicted molar refractivity (Wildman–Crippen MR) is 76.1 cm³/mol. The van der Waals surface area contributed by atoms with E-state index in [0.29, 0.717) is 13.0 Å². The second-order valence-corrected chi connectivity index (χ2v) is 5.29. The highest BCUT2D eigenvalue weighted by Gasteiger charge is 2.24. The van der Waals surface area contributed by atoms with E-state index in [1.54, 1.807) is 0 Å². The summed E-state index contributed by atoms with van der Waals surface area (Å²) in [5.74, 6) is 0.156. The van der Waals surface area contributed by atoms with Gasteiger partial charge in [0.2, 0.25) is 0 Å². The van der Waals surface area contributed by atoms with Crippen molar-refractivity contribution in [2.24, 2.45) is 5.92 Å². The lowest BCUT2D eigenvalue weighted by Gasteiger charge is -2.15. The van der Waals surface area contributed by atoms with Gasteiger partial charge in [-0.2, -0.15) is 0 Å². The van der Waals surface area contributed by atoms with Crippen molar-refractivity contribution >= 4 is 5.69 Å². The molecule has 0 spiro atoms. The Kier molecular flexibility index (Phi) is 5.24. The Labute approximate surface area is 117 Å². The molecule has 20 heavy (non-hydrogen) atoms. The number of hydrogen-bond acceptors (Lipinski definition) is 4. The maximum absolute atomic E-state index is 12.3. The van der Waals surface area contributed by atoms with Gasteiger partial charge in [0.1, 0.15) is 5.69 Å². The van der Waals surface area contributed by atoms with Crippen molar-refractivity contribution < 1.29 is 4.92 Å². The van der Waals surface area contributed by atoms with Crippen LogP contribution in [0.5, 0.6) is 0 Å². The monoisotopic (exact) mass is 283 g/mol. The maximum atomic E-state index is 12.3. The first kappa shape index (κ1) is 16.1. The molecule has 0 aromatic carbocycles. The van der Waals surface area contributed by atoms with Crippen molar-refractivity contribution in [3.05, 3.63) is 36.6 Å². The zero-order chi connectivity index (χ0) is 15.4. The van der Waals surface area contributed by atoms with E-state index in [9.17, 15) is 19.7 Å². The van der Waals surface area contributed by atoms with E-state index in [-0.39, 0.29) is 18.2 Å². The molecule has 0 unspecified atom stereocenters. The first-order valence-electron chi connectivity index (χ1n) is 6.79. The van der Waals surface area contributed by atoms with Gasteiger partial charge in [0.15, 0.2) is 0 Å². The summed E-state index contributed by atoms with van der Waals surface area (Å²) in [6.07, 6.45) is 1.44. The Morgan fingerprint density at radius 3 is 2.30 bits per heavy atom. The Bertz CT molecular complexity index is 613. The van der Waals surface area contributed by atoms with Gasteiger partial charge < -0.3 is 0 Å². The Hall–Kier alpha value is -1.92.